The fraction of sp³-hybridized carbons (Fsp3) is 0.417. The number of nitrogens with zero attached hydrogens (tertiary/aromatic N) is 2. The Morgan fingerprint density at radius 3 is 2.93 bits per heavy atom. The molecule has 2 heterocycles. The van der Waals surface area contributed by atoms with Crippen molar-refractivity contribution in [2.45, 2.75) is 32.0 Å². The van der Waals surface area contributed by atoms with Gasteiger partial charge in [-0.1, -0.05) is 22.9 Å². The van der Waals surface area contributed by atoms with Crippen LogP contribution in [0.15, 0.2) is 18.3 Å². The maximum Gasteiger partial charge on any atom is 0.113 e. The molecule has 2 nitrogen and oxygen atoms in total. The fourth-order valence-electron chi connectivity index (χ4n) is 1.82. The van der Waals surface area contributed by atoms with Gasteiger partial charge in [0.2, 0.25) is 0 Å². The lowest BCUT2D eigenvalue weighted by molar-refractivity contribution is 0.827. The summed E-state index contributed by atoms with van der Waals surface area (Å²) < 4.78 is 2.20. The summed E-state index contributed by atoms with van der Waals surface area (Å²) in [7, 11) is 0. The normalized spacial score (nSPS) is 11.1. The summed E-state index contributed by atoms with van der Waals surface area (Å²) in [6, 6.07) is 4.33. The third-order valence-corrected chi connectivity index (χ3v) is 3.08. The van der Waals surface area contributed by atoms with Crippen LogP contribution in [-0.4, -0.2) is 9.38 Å². The molecule has 2 aromatic rings. The van der Waals surface area contributed by atoms with E-state index in [2.05, 4.69) is 57.5 Å². The Hall–Kier alpha value is -0.830. The molecule has 0 amide bonds. The maximum absolute atomic E-state index is 4.65. The van der Waals surface area contributed by atoms with Crippen molar-refractivity contribution in [2.75, 3.05) is 0 Å². The summed E-state index contributed by atoms with van der Waals surface area (Å²) in [6.45, 7) is 4.30. The van der Waals surface area contributed by atoms with E-state index >= 15 is 0 Å². The quantitative estimate of drug-likeness (QED) is 0.778. The number of alkyl halides is 1. The van der Waals surface area contributed by atoms with Gasteiger partial charge in [0.25, 0.3) is 0 Å². The molecule has 0 aliphatic rings. The molecule has 0 fully saturated rings. The molecule has 0 aromatic carbocycles. The monoisotopic (exact) mass is 266 g/mol. The Bertz CT molecular complexity index is 474. The van der Waals surface area contributed by atoms with E-state index in [-0.39, 0.29) is 0 Å². The topological polar surface area (TPSA) is 17.3 Å². The molecular formula is C12H15BrN2. The largest absolute Gasteiger partial charge is 0.303 e. The molecule has 0 unspecified atom stereocenters. The first-order valence-corrected chi connectivity index (χ1v) is 6.40. The van der Waals surface area contributed by atoms with Crippen molar-refractivity contribution in [3.8, 4) is 0 Å². The Kier molecular flexibility index (Phi) is 3.10. The third kappa shape index (κ3) is 1.93. The molecule has 0 bridgehead atoms. The summed E-state index contributed by atoms with van der Waals surface area (Å²) in [5, 5.41) is 0.823. The minimum atomic E-state index is 0.823. The first-order valence-electron chi connectivity index (χ1n) is 5.28. The van der Waals surface area contributed by atoms with E-state index in [0.717, 1.165) is 23.9 Å². The molecule has 0 aliphatic heterocycles. The van der Waals surface area contributed by atoms with E-state index in [0.29, 0.717) is 0 Å². The average Bonchev–Trinajstić information content (AvgIpc) is 2.56. The van der Waals surface area contributed by atoms with Crippen LogP contribution in [0.3, 0.4) is 0 Å². The van der Waals surface area contributed by atoms with Crippen LogP contribution in [-0.2, 0) is 11.8 Å². The van der Waals surface area contributed by atoms with Gasteiger partial charge in [-0.3, -0.25) is 0 Å². The van der Waals surface area contributed by atoms with Gasteiger partial charge in [0.05, 0.1) is 11.2 Å². The van der Waals surface area contributed by atoms with Gasteiger partial charge in [-0.05, 0) is 31.0 Å². The average molecular weight is 267 g/mol. The molecule has 0 saturated heterocycles. The van der Waals surface area contributed by atoms with E-state index in [1.54, 1.807) is 0 Å². The van der Waals surface area contributed by atoms with E-state index < -0.39 is 0 Å². The second-order valence-corrected chi connectivity index (χ2v) is 4.38. The van der Waals surface area contributed by atoms with E-state index in [4.69, 9.17) is 0 Å². The number of aromatic nitrogens is 2. The van der Waals surface area contributed by atoms with Crippen molar-refractivity contribution in [2.24, 2.45) is 0 Å². The molecule has 80 valence electrons. The minimum absolute atomic E-state index is 0.823. The van der Waals surface area contributed by atoms with Crippen molar-refractivity contribution >= 4 is 21.4 Å². The molecule has 3 heteroatoms. The Labute approximate surface area is 98.5 Å². The summed E-state index contributed by atoms with van der Waals surface area (Å²) >= 11 is 3.49. The first kappa shape index (κ1) is 10.7. The first-order chi connectivity index (χ1) is 7.26. The molecule has 15 heavy (non-hydrogen) atoms. The lowest BCUT2D eigenvalue weighted by atomic mass is 10.2. The van der Waals surface area contributed by atoms with Crippen molar-refractivity contribution < 1.29 is 0 Å². The Morgan fingerprint density at radius 1 is 1.47 bits per heavy atom. The Morgan fingerprint density at radius 2 is 2.27 bits per heavy atom. The highest BCUT2D eigenvalue weighted by Crippen LogP contribution is 2.18. The summed E-state index contributed by atoms with van der Waals surface area (Å²) in [4.78, 5) is 4.65. The number of rotatable bonds is 3. The predicted molar refractivity (Wildman–Crippen MR) is 66.6 cm³/mol. The van der Waals surface area contributed by atoms with Gasteiger partial charge in [-0.15, -0.1) is 0 Å². The Balaban J connectivity index is 2.64. The summed E-state index contributed by atoms with van der Waals surface area (Å²) in [5.74, 6) is 1.17. The number of hydrogen-bond donors (Lipinski definition) is 0. The van der Waals surface area contributed by atoms with E-state index in [1.165, 1.54) is 16.9 Å². The second-order valence-electron chi connectivity index (χ2n) is 3.82. The van der Waals surface area contributed by atoms with E-state index in [9.17, 15) is 0 Å². The van der Waals surface area contributed by atoms with Crippen LogP contribution in [0.4, 0.5) is 0 Å². The number of hydrogen-bond acceptors (Lipinski definition) is 1. The number of pyridine rings is 1. The van der Waals surface area contributed by atoms with Crippen LogP contribution < -0.4 is 0 Å². The molecule has 2 aromatic heterocycles. The van der Waals surface area contributed by atoms with Crippen molar-refractivity contribution in [3.05, 3.63) is 35.4 Å². The molecule has 0 aliphatic carbocycles. The van der Waals surface area contributed by atoms with Gasteiger partial charge in [0.1, 0.15) is 5.82 Å². The summed E-state index contributed by atoms with van der Waals surface area (Å²) in [6.07, 6.45) is 4.29. The zero-order chi connectivity index (χ0) is 10.8. The second kappa shape index (κ2) is 4.35. The lowest BCUT2D eigenvalue weighted by Crippen LogP contribution is -1.93. The van der Waals surface area contributed by atoms with Gasteiger partial charge < -0.3 is 4.40 Å². The number of aryl methyl sites for hydroxylation is 2. The van der Waals surface area contributed by atoms with Crippen LogP contribution in [0, 0.1) is 6.92 Å². The molecule has 2 rings (SSSR count). The maximum atomic E-state index is 4.65. The SMILES string of the molecule is CCCc1nc(CBr)c2cc(C)ccn12. The molecule has 0 saturated carbocycles. The lowest BCUT2D eigenvalue weighted by Gasteiger charge is -2.00. The summed E-state index contributed by atoms with van der Waals surface area (Å²) in [5.41, 5.74) is 3.66. The zero-order valence-corrected chi connectivity index (χ0v) is 10.7. The van der Waals surface area contributed by atoms with Crippen molar-refractivity contribution in [1.82, 2.24) is 9.38 Å². The van der Waals surface area contributed by atoms with Crippen molar-refractivity contribution in [1.29, 1.82) is 0 Å². The van der Waals surface area contributed by atoms with Crippen LogP contribution >= 0.6 is 15.9 Å². The van der Waals surface area contributed by atoms with E-state index in [1.807, 2.05) is 0 Å². The number of imidazole rings is 1. The highest BCUT2D eigenvalue weighted by Gasteiger charge is 2.08. The predicted octanol–water partition coefficient (Wildman–Crippen LogP) is 3.49. The molecule has 0 N–H and O–H groups in total. The zero-order valence-electron chi connectivity index (χ0n) is 9.13. The van der Waals surface area contributed by atoms with Gasteiger partial charge in [0, 0.05) is 17.9 Å². The minimum Gasteiger partial charge on any atom is -0.303 e. The van der Waals surface area contributed by atoms with Crippen molar-refractivity contribution in [3.63, 3.8) is 0 Å². The smallest absolute Gasteiger partial charge is 0.113 e. The van der Waals surface area contributed by atoms with Crippen LogP contribution in [0.2, 0.25) is 0 Å². The molecule has 0 spiro atoms. The third-order valence-electron chi connectivity index (χ3n) is 2.55. The van der Waals surface area contributed by atoms with Crippen LogP contribution in [0.1, 0.15) is 30.4 Å². The van der Waals surface area contributed by atoms with Gasteiger partial charge in [-0.2, -0.15) is 0 Å². The standard InChI is InChI=1S/C12H15BrN2/c1-3-4-12-14-10(8-13)11-7-9(2)5-6-15(11)12/h5-7H,3-4,8H2,1-2H3. The number of halogens is 1. The van der Waals surface area contributed by atoms with Crippen LogP contribution in [0.25, 0.3) is 5.52 Å². The molecular weight excluding hydrogens is 252 g/mol. The fourth-order valence-corrected chi connectivity index (χ4v) is 2.23. The van der Waals surface area contributed by atoms with Gasteiger partial charge >= 0.3 is 0 Å². The number of fused-ring (bicyclic) bond motifs is 1. The molecule has 0 radical (unpaired) electrons. The highest BCUT2D eigenvalue weighted by atomic mass is 79.9. The molecule has 0 atom stereocenters. The van der Waals surface area contributed by atoms with Gasteiger partial charge in [-0.25, -0.2) is 4.98 Å². The van der Waals surface area contributed by atoms with Gasteiger partial charge in [0.15, 0.2) is 0 Å². The highest BCUT2D eigenvalue weighted by molar-refractivity contribution is 9.08. The van der Waals surface area contributed by atoms with Crippen LogP contribution in [0.5, 0.6) is 0 Å².